The van der Waals surface area contributed by atoms with E-state index in [0.29, 0.717) is 18.9 Å². The van der Waals surface area contributed by atoms with Crippen molar-refractivity contribution in [3.63, 3.8) is 0 Å². The molecule has 0 radical (unpaired) electrons. The smallest absolute Gasteiger partial charge is 0.219 e. The van der Waals surface area contributed by atoms with Crippen LogP contribution >= 0.6 is 0 Å². The Hall–Kier alpha value is -3.22. The molecule has 132 valence electrons. The van der Waals surface area contributed by atoms with Crippen LogP contribution in [0.4, 0.5) is 11.6 Å². The van der Waals surface area contributed by atoms with Gasteiger partial charge in [0, 0.05) is 44.7 Å². The molecule has 0 aliphatic carbocycles. The molecule has 0 saturated carbocycles. The van der Waals surface area contributed by atoms with Crippen LogP contribution < -0.4 is 10.6 Å². The van der Waals surface area contributed by atoms with E-state index in [2.05, 4.69) is 25.9 Å². The molecule has 1 aromatic carbocycles. The second-order valence-corrected chi connectivity index (χ2v) is 6.39. The van der Waals surface area contributed by atoms with Gasteiger partial charge in [0.15, 0.2) is 0 Å². The lowest BCUT2D eigenvalue weighted by molar-refractivity contribution is -0.129. The minimum absolute atomic E-state index is 0.120. The van der Waals surface area contributed by atoms with Crippen LogP contribution in [-0.2, 0) is 4.79 Å². The highest BCUT2D eigenvalue weighted by atomic mass is 16.2. The van der Waals surface area contributed by atoms with Gasteiger partial charge in [-0.3, -0.25) is 4.79 Å². The number of nitrogens with zero attached hydrogens (tertiary/aromatic N) is 5. The summed E-state index contributed by atoms with van der Waals surface area (Å²) in [6, 6.07) is 9.92. The van der Waals surface area contributed by atoms with Gasteiger partial charge in [-0.1, -0.05) is 6.07 Å². The molecule has 2 aromatic heterocycles. The molecule has 1 fully saturated rings. The molecule has 0 spiro atoms. The average Bonchev–Trinajstić information content (AvgIpc) is 2.67. The standard InChI is InChI=1S/C19H20N6O/c1-13(26)24-6-8-25(9-7-24)19-16-10-14(2-3-17(16)22-12-23-19)15-4-5-21-18(20)11-15/h2-5,10-12H,6-9H2,1H3,(H2,20,21). The van der Waals surface area contributed by atoms with Crippen LogP contribution in [-0.4, -0.2) is 51.9 Å². The van der Waals surface area contributed by atoms with E-state index in [0.717, 1.165) is 40.9 Å². The van der Waals surface area contributed by atoms with Crippen molar-refractivity contribution in [2.45, 2.75) is 6.92 Å². The summed E-state index contributed by atoms with van der Waals surface area (Å²) in [5.41, 5.74) is 8.77. The Morgan fingerprint density at radius 3 is 2.50 bits per heavy atom. The monoisotopic (exact) mass is 348 g/mol. The number of carbonyl (C=O) groups excluding carboxylic acids is 1. The van der Waals surface area contributed by atoms with Crippen molar-refractivity contribution < 1.29 is 4.79 Å². The number of fused-ring (bicyclic) bond motifs is 1. The summed E-state index contributed by atoms with van der Waals surface area (Å²) in [7, 11) is 0. The first-order valence-corrected chi connectivity index (χ1v) is 8.59. The van der Waals surface area contributed by atoms with E-state index in [1.165, 1.54) is 0 Å². The molecule has 1 amide bonds. The van der Waals surface area contributed by atoms with Crippen LogP contribution in [0.3, 0.4) is 0 Å². The van der Waals surface area contributed by atoms with Gasteiger partial charge < -0.3 is 15.5 Å². The molecule has 7 heteroatoms. The summed E-state index contributed by atoms with van der Waals surface area (Å²) in [4.78, 5) is 28.6. The maximum absolute atomic E-state index is 11.5. The first kappa shape index (κ1) is 16.3. The van der Waals surface area contributed by atoms with Crippen molar-refractivity contribution in [1.29, 1.82) is 0 Å². The molecule has 1 aliphatic rings. The topological polar surface area (TPSA) is 88.2 Å². The third-order valence-electron chi connectivity index (χ3n) is 4.75. The molecule has 1 saturated heterocycles. The van der Waals surface area contributed by atoms with E-state index in [1.807, 2.05) is 29.2 Å². The molecular formula is C19H20N6O. The Labute approximate surface area is 151 Å². The number of nitrogen functional groups attached to an aromatic ring is 1. The SMILES string of the molecule is CC(=O)N1CCN(c2ncnc3ccc(-c4ccnc(N)c4)cc23)CC1. The molecule has 26 heavy (non-hydrogen) atoms. The van der Waals surface area contributed by atoms with Gasteiger partial charge in [-0.15, -0.1) is 0 Å². The number of benzene rings is 1. The highest BCUT2D eigenvalue weighted by Gasteiger charge is 2.21. The van der Waals surface area contributed by atoms with Crippen molar-refractivity contribution in [3.05, 3.63) is 42.9 Å². The maximum atomic E-state index is 11.5. The number of carbonyl (C=O) groups is 1. The molecular weight excluding hydrogens is 328 g/mol. The third-order valence-corrected chi connectivity index (χ3v) is 4.75. The number of nitrogens with two attached hydrogens (primary N) is 1. The fourth-order valence-electron chi connectivity index (χ4n) is 3.34. The van der Waals surface area contributed by atoms with Crippen LogP contribution in [0, 0.1) is 0 Å². The molecule has 4 rings (SSSR count). The molecule has 1 aliphatic heterocycles. The van der Waals surface area contributed by atoms with E-state index in [9.17, 15) is 4.79 Å². The number of piperazine rings is 1. The van der Waals surface area contributed by atoms with Gasteiger partial charge in [0.05, 0.1) is 5.52 Å². The van der Waals surface area contributed by atoms with Crippen molar-refractivity contribution in [3.8, 4) is 11.1 Å². The van der Waals surface area contributed by atoms with Gasteiger partial charge in [0.2, 0.25) is 5.91 Å². The minimum atomic E-state index is 0.120. The van der Waals surface area contributed by atoms with Crippen LogP contribution in [0.25, 0.3) is 22.0 Å². The Morgan fingerprint density at radius 2 is 1.77 bits per heavy atom. The van der Waals surface area contributed by atoms with Crippen LogP contribution in [0.1, 0.15) is 6.92 Å². The van der Waals surface area contributed by atoms with E-state index in [1.54, 1.807) is 19.4 Å². The summed E-state index contributed by atoms with van der Waals surface area (Å²) in [5.74, 6) is 1.52. The zero-order chi connectivity index (χ0) is 18.1. The lowest BCUT2D eigenvalue weighted by Crippen LogP contribution is -2.48. The minimum Gasteiger partial charge on any atom is -0.384 e. The van der Waals surface area contributed by atoms with Gasteiger partial charge in [-0.05, 0) is 35.4 Å². The number of aromatic nitrogens is 3. The normalized spacial score (nSPS) is 14.7. The summed E-state index contributed by atoms with van der Waals surface area (Å²) in [6.45, 7) is 4.56. The second kappa shape index (κ2) is 6.59. The average molecular weight is 348 g/mol. The lowest BCUT2D eigenvalue weighted by atomic mass is 10.0. The molecule has 2 N–H and O–H groups in total. The quantitative estimate of drug-likeness (QED) is 0.761. The lowest BCUT2D eigenvalue weighted by Gasteiger charge is -2.35. The zero-order valence-electron chi connectivity index (χ0n) is 14.6. The molecule has 0 atom stereocenters. The third kappa shape index (κ3) is 3.03. The number of amides is 1. The number of anilines is 2. The van der Waals surface area contributed by atoms with Crippen molar-refractivity contribution >= 4 is 28.4 Å². The largest absolute Gasteiger partial charge is 0.384 e. The number of hydrogen-bond acceptors (Lipinski definition) is 6. The Kier molecular flexibility index (Phi) is 4.12. The van der Waals surface area contributed by atoms with Crippen LogP contribution in [0.5, 0.6) is 0 Å². The molecule has 7 nitrogen and oxygen atoms in total. The summed E-state index contributed by atoms with van der Waals surface area (Å²) in [6.07, 6.45) is 3.30. The molecule has 0 bridgehead atoms. The summed E-state index contributed by atoms with van der Waals surface area (Å²) in [5, 5.41) is 0.997. The van der Waals surface area contributed by atoms with E-state index in [4.69, 9.17) is 5.73 Å². The van der Waals surface area contributed by atoms with Gasteiger partial charge in [0.25, 0.3) is 0 Å². The number of rotatable bonds is 2. The summed E-state index contributed by atoms with van der Waals surface area (Å²) < 4.78 is 0. The molecule has 3 heterocycles. The van der Waals surface area contributed by atoms with Gasteiger partial charge in [-0.25, -0.2) is 15.0 Å². The van der Waals surface area contributed by atoms with Gasteiger partial charge >= 0.3 is 0 Å². The van der Waals surface area contributed by atoms with Crippen LogP contribution in [0.2, 0.25) is 0 Å². The highest BCUT2D eigenvalue weighted by molar-refractivity contribution is 5.93. The fraction of sp³-hybridized carbons (Fsp3) is 0.263. The zero-order valence-corrected chi connectivity index (χ0v) is 14.6. The number of hydrogen-bond donors (Lipinski definition) is 1. The van der Waals surface area contributed by atoms with Crippen LogP contribution in [0.15, 0.2) is 42.9 Å². The van der Waals surface area contributed by atoms with Crippen molar-refractivity contribution in [1.82, 2.24) is 19.9 Å². The first-order valence-electron chi connectivity index (χ1n) is 8.59. The Bertz CT molecular complexity index is 965. The van der Waals surface area contributed by atoms with E-state index < -0.39 is 0 Å². The molecule has 0 unspecified atom stereocenters. The Balaban J connectivity index is 1.71. The second-order valence-electron chi connectivity index (χ2n) is 6.39. The van der Waals surface area contributed by atoms with E-state index >= 15 is 0 Å². The first-order chi connectivity index (χ1) is 12.6. The highest BCUT2D eigenvalue weighted by Crippen LogP contribution is 2.29. The predicted molar refractivity (Wildman–Crippen MR) is 102 cm³/mol. The fourth-order valence-corrected chi connectivity index (χ4v) is 3.34. The number of pyridine rings is 1. The van der Waals surface area contributed by atoms with Gasteiger partial charge in [0.1, 0.15) is 18.0 Å². The van der Waals surface area contributed by atoms with Crippen molar-refractivity contribution in [2.24, 2.45) is 0 Å². The molecule has 3 aromatic rings. The van der Waals surface area contributed by atoms with E-state index in [-0.39, 0.29) is 5.91 Å². The van der Waals surface area contributed by atoms with Gasteiger partial charge in [-0.2, -0.15) is 0 Å². The predicted octanol–water partition coefficient (Wildman–Crippen LogP) is 1.94. The van der Waals surface area contributed by atoms with Crippen molar-refractivity contribution in [2.75, 3.05) is 36.8 Å². The maximum Gasteiger partial charge on any atom is 0.219 e. The Morgan fingerprint density at radius 1 is 1.00 bits per heavy atom. The summed E-state index contributed by atoms with van der Waals surface area (Å²) >= 11 is 0.